The topological polar surface area (TPSA) is 57.7 Å². The van der Waals surface area contributed by atoms with E-state index in [1.54, 1.807) is 24.3 Å². The highest BCUT2D eigenvalue weighted by Crippen LogP contribution is 2.44. The minimum Gasteiger partial charge on any atom is -0.362 e. The van der Waals surface area contributed by atoms with E-state index >= 15 is 0 Å². The summed E-state index contributed by atoms with van der Waals surface area (Å²) in [6.45, 7) is 12.7. The molecule has 2 heterocycles. The molecule has 2 atom stereocenters. The second-order valence-electron chi connectivity index (χ2n) is 8.23. The molecule has 0 spiro atoms. The molecule has 1 saturated heterocycles. The lowest BCUT2D eigenvalue weighted by atomic mass is 9.99. The molecule has 1 fully saturated rings. The van der Waals surface area contributed by atoms with E-state index in [1.807, 2.05) is 11.5 Å². The van der Waals surface area contributed by atoms with Crippen LogP contribution in [0.3, 0.4) is 0 Å². The molecule has 6 heteroatoms. The van der Waals surface area contributed by atoms with Crippen LogP contribution in [0.2, 0.25) is 18.1 Å². The number of carbonyl (C=O) groups excluding carboxylic acids is 3. The highest BCUT2D eigenvalue weighted by molar-refractivity contribution is 6.80. The summed E-state index contributed by atoms with van der Waals surface area (Å²) < 4.78 is 1.95. The second-order valence-corrected chi connectivity index (χ2v) is 13.3. The van der Waals surface area contributed by atoms with Crippen molar-refractivity contribution >= 4 is 26.0 Å². The number of amides is 3. The van der Waals surface area contributed by atoms with E-state index in [2.05, 4.69) is 33.9 Å². The molecule has 0 N–H and O–H groups in total. The lowest BCUT2D eigenvalue weighted by Gasteiger charge is -2.58. The van der Waals surface area contributed by atoms with Gasteiger partial charge in [-0.05, 0) is 24.1 Å². The highest BCUT2D eigenvalue weighted by Gasteiger charge is 2.60. The molecule has 1 aromatic carbocycles. The van der Waals surface area contributed by atoms with Crippen LogP contribution in [0, 0.1) is 0 Å². The maximum Gasteiger partial charge on any atom is 0.262 e. The third kappa shape index (κ3) is 2.02. The molecule has 2 aliphatic heterocycles. The van der Waals surface area contributed by atoms with Crippen LogP contribution in [0.4, 0.5) is 0 Å². The Morgan fingerprint density at radius 2 is 1.42 bits per heavy atom. The van der Waals surface area contributed by atoms with Gasteiger partial charge in [0.2, 0.25) is 5.91 Å². The molecule has 1 aromatic rings. The van der Waals surface area contributed by atoms with Gasteiger partial charge < -0.3 is 4.57 Å². The maximum absolute atomic E-state index is 12.9. The van der Waals surface area contributed by atoms with Gasteiger partial charge in [-0.1, -0.05) is 46.0 Å². The Hall–Kier alpha value is -1.95. The molecule has 3 amide bonds. The molecule has 3 rings (SSSR count). The van der Waals surface area contributed by atoms with Crippen molar-refractivity contribution in [2.75, 3.05) is 0 Å². The lowest BCUT2D eigenvalue weighted by molar-refractivity contribution is -0.146. The van der Waals surface area contributed by atoms with E-state index in [1.165, 1.54) is 4.90 Å². The molecule has 0 radical (unpaired) electrons. The standard InChI is InChI=1S/C18H24N2O3Si/c1-11-14(17(23)20(11)24(5,6)18(2,3)4)19-15(21)12-9-7-8-10-13(12)16(19)22/h7-11,14H,1-6H3/t11-,14-/m1/s1. The average Bonchev–Trinajstić information content (AvgIpc) is 2.72. The van der Waals surface area contributed by atoms with E-state index < -0.39 is 14.3 Å². The molecule has 0 aromatic heterocycles. The summed E-state index contributed by atoms with van der Waals surface area (Å²) >= 11 is 0. The van der Waals surface area contributed by atoms with Crippen molar-refractivity contribution in [3.8, 4) is 0 Å². The average molecular weight is 344 g/mol. The number of rotatable bonds is 2. The minimum absolute atomic E-state index is 0.0177. The number of hydrogen-bond acceptors (Lipinski definition) is 3. The van der Waals surface area contributed by atoms with Crippen molar-refractivity contribution in [1.82, 2.24) is 9.47 Å². The molecule has 0 saturated carbocycles. The van der Waals surface area contributed by atoms with Crippen molar-refractivity contribution in [3.05, 3.63) is 35.4 Å². The highest BCUT2D eigenvalue weighted by atomic mass is 28.3. The molecule has 0 unspecified atom stereocenters. The fourth-order valence-electron chi connectivity index (χ4n) is 3.54. The molecule has 0 bridgehead atoms. The van der Waals surface area contributed by atoms with Crippen LogP contribution in [0.15, 0.2) is 24.3 Å². The Bertz CT molecular complexity index is 716. The van der Waals surface area contributed by atoms with Gasteiger partial charge in [0.25, 0.3) is 11.8 Å². The largest absolute Gasteiger partial charge is 0.362 e. The lowest BCUT2D eigenvalue weighted by Crippen LogP contribution is -2.78. The summed E-state index contributed by atoms with van der Waals surface area (Å²) in [4.78, 5) is 39.3. The summed E-state index contributed by atoms with van der Waals surface area (Å²) in [5, 5.41) is 0.0177. The minimum atomic E-state index is -2.03. The predicted octanol–water partition coefficient (Wildman–Crippen LogP) is 2.89. The Morgan fingerprint density at radius 1 is 0.958 bits per heavy atom. The van der Waals surface area contributed by atoms with Crippen LogP contribution in [0.5, 0.6) is 0 Å². The van der Waals surface area contributed by atoms with E-state index in [4.69, 9.17) is 0 Å². The Balaban J connectivity index is 1.91. The molecular weight excluding hydrogens is 320 g/mol. The number of hydrogen-bond donors (Lipinski definition) is 0. The monoisotopic (exact) mass is 344 g/mol. The SMILES string of the molecule is C[C@@H]1[C@@H](N2C(=O)c3ccccc3C2=O)C(=O)N1[Si](C)(C)C(C)(C)C. The molecule has 128 valence electrons. The Labute approximate surface area is 143 Å². The third-order valence-corrected chi connectivity index (χ3v) is 11.4. The zero-order valence-electron chi connectivity index (χ0n) is 15.1. The Kier molecular flexibility index (Phi) is 3.53. The van der Waals surface area contributed by atoms with Crippen LogP contribution in [-0.2, 0) is 4.79 Å². The van der Waals surface area contributed by atoms with E-state index in [0.29, 0.717) is 11.1 Å². The quantitative estimate of drug-likeness (QED) is 0.471. The van der Waals surface area contributed by atoms with Crippen molar-refractivity contribution in [1.29, 1.82) is 0 Å². The summed E-state index contributed by atoms with van der Waals surface area (Å²) in [6, 6.07) is 5.96. The second kappa shape index (κ2) is 5.02. The van der Waals surface area contributed by atoms with Crippen LogP contribution in [-0.4, -0.2) is 47.5 Å². The van der Waals surface area contributed by atoms with Crippen LogP contribution in [0.25, 0.3) is 0 Å². The summed E-state index contributed by atoms with van der Waals surface area (Å²) in [6.07, 6.45) is 0. The van der Waals surface area contributed by atoms with Gasteiger partial charge in [0.05, 0.1) is 17.2 Å². The summed E-state index contributed by atoms with van der Waals surface area (Å²) in [5.41, 5.74) is 0.793. The van der Waals surface area contributed by atoms with Crippen LogP contribution >= 0.6 is 0 Å². The first-order valence-electron chi connectivity index (χ1n) is 8.30. The number of imide groups is 1. The summed E-state index contributed by atoms with van der Waals surface area (Å²) in [7, 11) is -2.03. The number of β-lactam (4-membered cyclic amide) rings is 1. The van der Waals surface area contributed by atoms with E-state index in [9.17, 15) is 14.4 Å². The van der Waals surface area contributed by atoms with Gasteiger partial charge in [0.15, 0.2) is 8.24 Å². The first-order valence-corrected chi connectivity index (χ1v) is 11.2. The van der Waals surface area contributed by atoms with Gasteiger partial charge in [-0.3, -0.25) is 19.3 Å². The molecule has 24 heavy (non-hydrogen) atoms. The van der Waals surface area contributed by atoms with E-state index in [0.717, 1.165) is 0 Å². The molecule has 5 nitrogen and oxygen atoms in total. The zero-order chi connectivity index (χ0) is 18.0. The first-order chi connectivity index (χ1) is 11.0. The molecule has 0 aliphatic carbocycles. The van der Waals surface area contributed by atoms with Gasteiger partial charge in [-0.15, -0.1) is 0 Å². The third-order valence-electron chi connectivity index (χ3n) is 5.90. The van der Waals surface area contributed by atoms with Gasteiger partial charge in [-0.2, -0.15) is 0 Å². The predicted molar refractivity (Wildman–Crippen MR) is 94.2 cm³/mol. The molecule has 2 aliphatic rings. The van der Waals surface area contributed by atoms with Gasteiger partial charge in [0.1, 0.15) is 6.04 Å². The molecular formula is C18H24N2O3Si. The smallest absolute Gasteiger partial charge is 0.262 e. The van der Waals surface area contributed by atoms with Gasteiger partial charge in [0, 0.05) is 0 Å². The normalized spacial score (nSPS) is 24.3. The fraction of sp³-hybridized carbons (Fsp3) is 0.500. The van der Waals surface area contributed by atoms with Crippen molar-refractivity contribution in [2.24, 2.45) is 0 Å². The number of benzene rings is 1. The fourth-order valence-corrected chi connectivity index (χ4v) is 6.11. The summed E-state index contributed by atoms with van der Waals surface area (Å²) in [5.74, 6) is -0.796. The van der Waals surface area contributed by atoms with Crippen LogP contribution < -0.4 is 0 Å². The number of nitrogens with zero attached hydrogens (tertiary/aromatic N) is 2. The first kappa shape index (κ1) is 16.9. The number of carbonyl (C=O) groups is 3. The van der Waals surface area contributed by atoms with Gasteiger partial charge in [-0.25, -0.2) is 0 Å². The number of fused-ring (bicyclic) bond motifs is 1. The van der Waals surface area contributed by atoms with Crippen LogP contribution in [0.1, 0.15) is 48.4 Å². The van der Waals surface area contributed by atoms with Crippen molar-refractivity contribution in [2.45, 2.75) is 57.9 Å². The Morgan fingerprint density at radius 3 is 1.79 bits per heavy atom. The maximum atomic E-state index is 12.9. The van der Waals surface area contributed by atoms with Crippen molar-refractivity contribution in [3.63, 3.8) is 0 Å². The zero-order valence-corrected chi connectivity index (χ0v) is 16.1. The van der Waals surface area contributed by atoms with Gasteiger partial charge >= 0.3 is 0 Å². The van der Waals surface area contributed by atoms with Crippen molar-refractivity contribution < 1.29 is 14.4 Å². The van der Waals surface area contributed by atoms with E-state index in [-0.39, 0.29) is 28.8 Å².